The maximum atomic E-state index is 11.9. The van der Waals surface area contributed by atoms with Gasteiger partial charge in [0.15, 0.2) is 0 Å². The fourth-order valence-electron chi connectivity index (χ4n) is 1.97. The summed E-state index contributed by atoms with van der Waals surface area (Å²) >= 11 is 6.08. The molecule has 0 aliphatic carbocycles. The van der Waals surface area contributed by atoms with Crippen LogP contribution in [0.1, 0.15) is 31.1 Å². The number of rotatable bonds is 3. The zero-order valence-electron chi connectivity index (χ0n) is 11.2. The minimum absolute atomic E-state index is 0.282. The van der Waals surface area contributed by atoms with Crippen molar-refractivity contribution in [3.8, 4) is 0 Å². The summed E-state index contributed by atoms with van der Waals surface area (Å²) < 4.78 is 5.58. The van der Waals surface area contributed by atoms with Crippen molar-refractivity contribution in [3.63, 3.8) is 0 Å². The number of amides is 1. The first-order valence-corrected chi connectivity index (χ1v) is 6.48. The molecule has 0 saturated heterocycles. The van der Waals surface area contributed by atoms with E-state index in [0.29, 0.717) is 29.4 Å². The van der Waals surface area contributed by atoms with Gasteiger partial charge in [-0.25, -0.2) is 0 Å². The van der Waals surface area contributed by atoms with E-state index in [9.17, 15) is 9.59 Å². The highest BCUT2D eigenvalue weighted by Gasteiger charge is 2.37. The predicted molar refractivity (Wildman–Crippen MR) is 73.8 cm³/mol. The fourth-order valence-corrected chi connectivity index (χ4v) is 2.25. The molecule has 1 amide bonds. The first-order chi connectivity index (χ1) is 8.81. The van der Waals surface area contributed by atoms with Gasteiger partial charge in [-0.05, 0) is 32.9 Å². The van der Waals surface area contributed by atoms with Gasteiger partial charge in [-0.1, -0.05) is 17.7 Å². The molecule has 0 N–H and O–H groups in total. The van der Waals surface area contributed by atoms with Crippen LogP contribution in [0.3, 0.4) is 0 Å². The Labute approximate surface area is 117 Å². The maximum Gasteiger partial charge on any atom is 0.299 e. The molecular weight excluding hydrogens is 266 g/mol. The van der Waals surface area contributed by atoms with Crippen molar-refractivity contribution in [2.24, 2.45) is 0 Å². The Morgan fingerprint density at radius 1 is 1.26 bits per heavy atom. The normalized spacial score (nSPS) is 15.1. The van der Waals surface area contributed by atoms with Crippen molar-refractivity contribution in [2.75, 3.05) is 18.1 Å². The lowest BCUT2D eigenvalue weighted by Gasteiger charge is -2.23. The smallest absolute Gasteiger partial charge is 0.299 e. The SMILES string of the molecule is CC(C)(C)OCCN1C(=O)C(=O)c2cccc(Cl)c21. The quantitative estimate of drug-likeness (QED) is 0.800. The summed E-state index contributed by atoms with van der Waals surface area (Å²) in [5, 5.41) is 0.410. The molecule has 0 radical (unpaired) electrons. The number of carbonyl (C=O) groups excluding carboxylic acids is 2. The number of hydrogen-bond acceptors (Lipinski definition) is 3. The highest BCUT2D eigenvalue weighted by atomic mass is 35.5. The summed E-state index contributed by atoms with van der Waals surface area (Å²) in [4.78, 5) is 25.2. The van der Waals surface area contributed by atoms with Crippen LogP contribution in [0, 0.1) is 0 Å². The summed E-state index contributed by atoms with van der Waals surface area (Å²) in [5.74, 6) is -1.05. The number of ketones is 1. The molecule has 1 aliphatic rings. The first-order valence-electron chi connectivity index (χ1n) is 6.10. The van der Waals surface area contributed by atoms with E-state index in [1.165, 1.54) is 4.90 Å². The molecule has 0 unspecified atom stereocenters. The van der Waals surface area contributed by atoms with Crippen LogP contribution in [0.4, 0.5) is 5.69 Å². The standard InChI is InChI=1S/C14H16ClNO3/c1-14(2,3)19-8-7-16-11-9(12(17)13(16)18)5-4-6-10(11)15/h4-6H,7-8H2,1-3H3. The van der Waals surface area contributed by atoms with Crippen LogP contribution < -0.4 is 4.90 Å². The lowest BCUT2D eigenvalue weighted by atomic mass is 10.1. The molecule has 0 saturated carbocycles. The molecule has 4 nitrogen and oxygen atoms in total. The molecule has 1 aliphatic heterocycles. The third kappa shape index (κ3) is 2.80. The van der Waals surface area contributed by atoms with Gasteiger partial charge < -0.3 is 9.64 Å². The molecule has 1 heterocycles. The fraction of sp³-hybridized carbons (Fsp3) is 0.429. The molecule has 0 atom stereocenters. The number of fused-ring (bicyclic) bond motifs is 1. The summed E-state index contributed by atoms with van der Waals surface area (Å²) in [6, 6.07) is 4.96. The monoisotopic (exact) mass is 281 g/mol. The number of ether oxygens (including phenoxy) is 1. The van der Waals surface area contributed by atoms with E-state index in [2.05, 4.69) is 0 Å². The van der Waals surface area contributed by atoms with Gasteiger partial charge >= 0.3 is 0 Å². The van der Waals surface area contributed by atoms with E-state index in [1.807, 2.05) is 20.8 Å². The van der Waals surface area contributed by atoms with E-state index in [-0.39, 0.29) is 5.60 Å². The number of carbonyl (C=O) groups is 2. The first kappa shape index (κ1) is 14.0. The molecule has 102 valence electrons. The second kappa shape index (κ2) is 4.94. The largest absolute Gasteiger partial charge is 0.374 e. The average molecular weight is 282 g/mol. The van der Waals surface area contributed by atoms with Crippen molar-refractivity contribution in [1.82, 2.24) is 0 Å². The molecule has 0 bridgehead atoms. The third-order valence-corrected chi connectivity index (χ3v) is 3.10. The number of para-hydroxylation sites is 1. The van der Waals surface area contributed by atoms with Crippen molar-refractivity contribution in [1.29, 1.82) is 0 Å². The average Bonchev–Trinajstić information content (AvgIpc) is 2.54. The Hall–Kier alpha value is -1.39. The van der Waals surface area contributed by atoms with E-state index >= 15 is 0 Å². The number of hydrogen-bond donors (Lipinski definition) is 0. The lowest BCUT2D eigenvalue weighted by molar-refractivity contribution is -0.114. The van der Waals surface area contributed by atoms with Crippen molar-refractivity contribution >= 4 is 29.0 Å². The Kier molecular flexibility index (Phi) is 3.65. The number of anilines is 1. The van der Waals surface area contributed by atoms with Crippen LogP contribution in [-0.4, -0.2) is 30.4 Å². The van der Waals surface area contributed by atoms with Crippen molar-refractivity contribution in [2.45, 2.75) is 26.4 Å². The summed E-state index contributed by atoms with van der Waals surface area (Å²) in [6.07, 6.45) is 0. The highest BCUT2D eigenvalue weighted by molar-refractivity contribution is 6.54. The van der Waals surface area contributed by atoms with Crippen LogP contribution in [0.5, 0.6) is 0 Å². The summed E-state index contributed by atoms with van der Waals surface area (Å²) in [7, 11) is 0. The zero-order chi connectivity index (χ0) is 14.2. The van der Waals surface area contributed by atoms with Gasteiger partial charge in [0.25, 0.3) is 11.7 Å². The summed E-state index contributed by atoms with van der Waals surface area (Å²) in [5.41, 5.74) is 0.584. The second-order valence-electron chi connectivity index (χ2n) is 5.38. The van der Waals surface area contributed by atoms with E-state index in [4.69, 9.17) is 16.3 Å². The Bertz CT molecular complexity index is 534. The number of halogens is 1. The minimum Gasteiger partial charge on any atom is -0.374 e. The Morgan fingerprint density at radius 2 is 1.95 bits per heavy atom. The molecule has 0 fully saturated rings. The molecule has 19 heavy (non-hydrogen) atoms. The Balaban J connectivity index is 2.19. The van der Waals surface area contributed by atoms with Gasteiger partial charge in [0.05, 0.1) is 28.5 Å². The van der Waals surface area contributed by atoms with Gasteiger partial charge in [-0.2, -0.15) is 0 Å². The van der Waals surface area contributed by atoms with E-state index in [1.54, 1.807) is 18.2 Å². The van der Waals surface area contributed by atoms with Gasteiger partial charge in [0.1, 0.15) is 0 Å². The van der Waals surface area contributed by atoms with Crippen LogP contribution >= 0.6 is 11.6 Å². The molecule has 0 spiro atoms. The molecule has 1 aromatic carbocycles. The number of nitrogens with zero attached hydrogens (tertiary/aromatic N) is 1. The maximum absolute atomic E-state index is 11.9. The molecule has 2 rings (SSSR count). The summed E-state index contributed by atoms with van der Waals surface area (Å²) in [6.45, 7) is 6.48. The van der Waals surface area contributed by atoms with Crippen molar-refractivity contribution < 1.29 is 14.3 Å². The van der Waals surface area contributed by atoms with Gasteiger partial charge in [0, 0.05) is 6.54 Å². The van der Waals surface area contributed by atoms with Crippen LogP contribution in [-0.2, 0) is 9.53 Å². The number of Topliss-reactive ketones (excluding diaryl/α,β-unsaturated/α-hetero) is 1. The minimum atomic E-state index is -0.541. The van der Waals surface area contributed by atoms with Crippen LogP contribution in [0.15, 0.2) is 18.2 Å². The lowest BCUT2D eigenvalue weighted by Crippen LogP contribution is -2.34. The van der Waals surface area contributed by atoms with Crippen molar-refractivity contribution in [3.05, 3.63) is 28.8 Å². The number of benzene rings is 1. The van der Waals surface area contributed by atoms with Gasteiger partial charge in [-0.3, -0.25) is 9.59 Å². The van der Waals surface area contributed by atoms with Crippen LogP contribution in [0.2, 0.25) is 5.02 Å². The highest BCUT2D eigenvalue weighted by Crippen LogP contribution is 2.35. The zero-order valence-corrected chi connectivity index (χ0v) is 12.0. The topological polar surface area (TPSA) is 46.6 Å². The van der Waals surface area contributed by atoms with Crippen LogP contribution in [0.25, 0.3) is 0 Å². The van der Waals surface area contributed by atoms with E-state index in [0.717, 1.165) is 0 Å². The van der Waals surface area contributed by atoms with Gasteiger partial charge in [0.2, 0.25) is 0 Å². The predicted octanol–water partition coefficient (Wildman–Crippen LogP) is 2.68. The van der Waals surface area contributed by atoms with Gasteiger partial charge in [-0.15, -0.1) is 0 Å². The molecule has 0 aromatic heterocycles. The molecular formula is C14H16ClNO3. The Morgan fingerprint density at radius 3 is 2.58 bits per heavy atom. The molecule has 5 heteroatoms. The second-order valence-corrected chi connectivity index (χ2v) is 5.79. The van der Waals surface area contributed by atoms with E-state index < -0.39 is 11.7 Å². The third-order valence-electron chi connectivity index (χ3n) is 2.79. The molecule has 1 aromatic rings.